The summed E-state index contributed by atoms with van der Waals surface area (Å²) in [5, 5.41) is 2.83. The Hall–Kier alpha value is -2.34. The predicted octanol–water partition coefficient (Wildman–Crippen LogP) is 3.51. The summed E-state index contributed by atoms with van der Waals surface area (Å²) in [5.74, 6) is 0.406. The number of halogens is 1. The van der Waals surface area contributed by atoms with E-state index in [4.69, 9.17) is 4.74 Å². The second kappa shape index (κ2) is 7.05. The van der Waals surface area contributed by atoms with E-state index in [-0.39, 0.29) is 24.8 Å². The van der Waals surface area contributed by atoms with E-state index in [0.717, 1.165) is 21.4 Å². The van der Waals surface area contributed by atoms with E-state index in [0.29, 0.717) is 12.3 Å². The van der Waals surface area contributed by atoms with Gasteiger partial charge in [-0.25, -0.2) is 0 Å². The fourth-order valence-electron chi connectivity index (χ4n) is 2.53. The molecule has 1 N–H and O–H groups in total. The van der Waals surface area contributed by atoms with Crippen LogP contribution in [0.2, 0.25) is 0 Å². The number of fused-ring (bicyclic) bond motifs is 1. The van der Waals surface area contributed by atoms with Gasteiger partial charge in [0.25, 0.3) is 5.91 Å². The number of hydrogen-bond acceptors (Lipinski definition) is 3. The number of carbonyl (C=O) groups excluding carboxylic acids is 2. The van der Waals surface area contributed by atoms with Gasteiger partial charge in [0.2, 0.25) is 5.91 Å². The molecule has 2 aromatic rings. The highest BCUT2D eigenvalue weighted by Gasteiger charge is 2.25. The number of benzene rings is 2. The van der Waals surface area contributed by atoms with Crippen molar-refractivity contribution in [1.29, 1.82) is 0 Å². The highest BCUT2D eigenvalue weighted by molar-refractivity contribution is 9.10. The number of carbonyl (C=O) groups is 2. The maximum Gasteiger partial charge on any atom is 0.265 e. The first kappa shape index (κ1) is 16.5. The lowest BCUT2D eigenvalue weighted by molar-refractivity contribution is -0.121. The van der Waals surface area contributed by atoms with Gasteiger partial charge in [0.05, 0.1) is 5.69 Å². The Balaban J connectivity index is 1.65. The SMILES string of the molecule is Cc1ccc2c(c1)N(CCC(=O)Nc1ccc(Br)cc1)C(=O)CO2. The van der Waals surface area contributed by atoms with Gasteiger partial charge >= 0.3 is 0 Å². The average Bonchev–Trinajstić information content (AvgIpc) is 2.56. The van der Waals surface area contributed by atoms with Crippen LogP contribution in [0.5, 0.6) is 5.75 Å². The number of anilines is 2. The molecular formula is C18H17BrN2O3. The molecule has 0 atom stereocenters. The molecule has 0 aliphatic carbocycles. The minimum Gasteiger partial charge on any atom is -0.482 e. The van der Waals surface area contributed by atoms with Crippen molar-refractivity contribution in [2.75, 3.05) is 23.4 Å². The summed E-state index contributed by atoms with van der Waals surface area (Å²) in [7, 11) is 0. The Morgan fingerprint density at radius 3 is 2.75 bits per heavy atom. The molecule has 0 fully saturated rings. The lowest BCUT2D eigenvalue weighted by Crippen LogP contribution is -2.40. The lowest BCUT2D eigenvalue weighted by atomic mass is 10.1. The van der Waals surface area contributed by atoms with E-state index < -0.39 is 0 Å². The van der Waals surface area contributed by atoms with Crippen molar-refractivity contribution in [2.45, 2.75) is 13.3 Å². The molecule has 5 nitrogen and oxygen atoms in total. The van der Waals surface area contributed by atoms with Crippen LogP contribution in [0.25, 0.3) is 0 Å². The standard InChI is InChI=1S/C18H17BrN2O3/c1-12-2-7-16-15(10-12)21(18(23)11-24-16)9-8-17(22)20-14-5-3-13(19)4-6-14/h2-7,10H,8-9,11H2,1H3,(H,20,22). The molecule has 1 aliphatic rings. The van der Waals surface area contributed by atoms with Crippen molar-refractivity contribution in [3.8, 4) is 5.75 Å². The van der Waals surface area contributed by atoms with Crippen molar-refractivity contribution in [3.63, 3.8) is 0 Å². The number of nitrogens with one attached hydrogen (secondary N) is 1. The molecule has 0 unspecified atom stereocenters. The molecule has 124 valence electrons. The van der Waals surface area contributed by atoms with E-state index >= 15 is 0 Å². The smallest absolute Gasteiger partial charge is 0.265 e. The van der Waals surface area contributed by atoms with Crippen LogP contribution < -0.4 is 15.0 Å². The second-order valence-corrected chi connectivity index (χ2v) is 6.53. The van der Waals surface area contributed by atoms with Gasteiger partial charge in [0.1, 0.15) is 5.75 Å². The molecule has 0 saturated heterocycles. The molecular weight excluding hydrogens is 372 g/mol. The van der Waals surface area contributed by atoms with Gasteiger partial charge in [0.15, 0.2) is 6.61 Å². The Morgan fingerprint density at radius 1 is 1.25 bits per heavy atom. The van der Waals surface area contributed by atoms with Crippen LogP contribution in [-0.4, -0.2) is 25.0 Å². The third-order valence-electron chi connectivity index (χ3n) is 3.75. The summed E-state index contributed by atoms with van der Waals surface area (Å²) in [6.45, 7) is 2.28. The normalized spacial score (nSPS) is 13.2. The van der Waals surface area contributed by atoms with E-state index in [2.05, 4.69) is 21.2 Å². The van der Waals surface area contributed by atoms with Crippen LogP contribution in [0.15, 0.2) is 46.9 Å². The van der Waals surface area contributed by atoms with E-state index in [9.17, 15) is 9.59 Å². The average molecular weight is 389 g/mol. The fourth-order valence-corrected chi connectivity index (χ4v) is 2.79. The summed E-state index contributed by atoms with van der Waals surface area (Å²) in [5.41, 5.74) is 2.49. The van der Waals surface area contributed by atoms with Gasteiger partial charge < -0.3 is 15.0 Å². The van der Waals surface area contributed by atoms with Crippen molar-refractivity contribution in [3.05, 3.63) is 52.5 Å². The van der Waals surface area contributed by atoms with Gasteiger partial charge in [-0.05, 0) is 48.9 Å². The van der Waals surface area contributed by atoms with Crippen molar-refractivity contribution in [1.82, 2.24) is 0 Å². The fraction of sp³-hybridized carbons (Fsp3) is 0.222. The first-order valence-electron chi connectivity index (χ1n) is 7.62. The molecule has 0 spiro atoms. The monoisotopic (exact) mass is 388 g/mol. The van der Waals surface area contributed by atoms with Crippen molar-refractivity contribution < 1.29 is 14.3 Å². The molecule has 0 aromatic heterocycles. The van der Waals surface area contributed by atoms with Crippen molar-refractivity contribution >= 4 is 39.1 Å². The molecule has 2 amide bonds. The number of nitrogens with zero attached hydrogens (tertiary/aromatic N) is 1. The molecule has 1 heterocycles. The van der Waals surface area contributed by atoms with Crippen LogP contribution in [-0.2, 0) is 9.59 Å². The summed E-state index contributed by atoms with van der Waals surface area (Å²) in [6, 6.07) is 13.1. The molecule has 2 aromatic carbocycles. The van der Waals surface area contributed by atoms with Crippen LogP contribution in [0.3, 0.4) is 0 Å². The van der Waals surface area contributed by atoms with Gasteiger partial charge in [0, 0.05) is 23.1 Å². The van der Waals surface area contributed by atoms with Crippen LogP contribution in [0.1, 0.15) is 12.0 Å². The lowest BCUT2D eigenvalue weighted by Gasteiger charge is -2.29. The first-order chi connectivity index (χ1) is 11.5. The number of ether oxygens (including phenoxy) is 1. The van der Waals surface area contributed by atoms with Gasteiger partial charge in [-0.15, -0.1) is 0 Å². The zero-order valence-electron chi connectivity index (χ0n) is 13.2. The molecule has 6 heteroatoms. The van der Waals surface area contributed by atoms with Crippen LogP contribution in [0, 0.1) is 6.92 Å². The predicted molar refractivity (Wildman–Crippen MR) is 96.4 cm³/mol. The maximum absolute atomic E-state index is 12.1. The Labute approximate surface area is 148 Å². The second-order valence-electron chi connectivity index (χ2n) is 5.61. The summed E-state index contributed by atoms with van der Waals surface area (Å²) in [6.07, 6.45) is 0.217. The Morgan fingerprint density at radius 2 is 2.00 bits per heavy atom. The number of aryl methyl sites for hydroxylation is 1. The highest BCUT2D eigenvalue weighted by atomic mass is 79.9. The zero-order valence-corrected chi connectivity index (χ0v) is 14.8. The van der Waals surface area contributed by atoms with E-state index in [1.165, 1.54) is 0 Å². The summed E-state index contributed by atoms with van der Waals surface area (Å²) >= 11 is 3.35. The van der Waals surface area contributed by atoms with Gasteiger partial charge in [-0.3, -0.25) is 9.59 Å². The molecule has 0 radical (unpaired) electrons. The largest absolute Gasteiger partial charge is 0.482 e. The van der Waals surface area contributed by atoms with Gasteiger partial charge in [-0.1, -0.05) is 22.0 Å². The molecule has 3 rings (SSSR count). The number of hydrogen-bond donors (Lipinski definition) is 1. The minimum absolute atomic E-state index is 0.00436. The molecule has 0 bridgehead atoms. The summed E-state index contributed by atoms with van der Waals surface area (Å²) in [4.78, 5) is 25.9. The third kappa shape index (κ3) is 3.76. The third-order valence-corrected chi connectivity index (χ3v) is 4.28. The Kier molecular flexibility index (Phi) is 4.85. The minimum atomic E-state index is -0.135. The first-order valence-corrected chi connectivity index (χ1v) is 8.41. The Bertz CT molecular complexity index is 774. The van der Waals surface area contributed by atoms with E-state index in [1.807, 2.05) is 49.4 Å². The van der Waals surface area contributed by atoms with Crippen molar-refractivity contribution in [2.24, 2.45) is 0 Å². The van der Waals surface area contributed by atoms with Crippen LogP contribution >= 0.6 is 15.9 Å². The molecule has 1 aliphatic heterocycles. The number of amides is 2. The summed E-state index contributed by atoms with van der Waals surface area (Å²) < 4.78 is 6.39. The zero-order chi connectivity index (χ0) is 17.1. The highest BCUT2D eigenvalue weighted by Crippen LogP contribution is 2.32. The van der Waals surface area contributed by atoms with E-state index in [1.54, 1.807) is 4.90 Å². The quantitative estimate of drug-likeness (QED) is 0.871. The van der Waals surface area contributed by atoms with Crippen LogP contribution in [0.4, 0.5) is 11.4 Å². The number of rotatable bonds is 4. The van der Waals surface area contributed by atoms with Gasteiger partial charge in [-0.2, -0.15) is 0 Å². The molecule has 0 saturated carbocycles. The topological polar surface area (TPSA) is 58.6 Å². The molecule has 24 heavy (non-hydrogen) atoms. The maximum atomic E-state index is 12.1.